The molecule has 1 heterocycles. The van der Waals surface area contributed by atoms with Crippen LogP contribution >= 0.6 is 11.6 Å². The van der Waals surface area contributed by atoms with Crippen LogP contribution in [0.25, 0.3) is 11.3 Å². The summed E-state index contributed by atoms with van der Waals surface area (Å²) in [5.74, 6) is -1.20. The molecule has 1 unspecified atom stereocenters. The van der Waals surface area contributed by atoms with Crippen LogP contribution in [0.2, 0.25) is 5.02 Å². The number of carbonyl (C=O) groups excluding carboxylic acids is 1. The van der Waals surface area contributed by atoms with Crippen molar-refractivity contribution in [1.82, 2.24) is 9.78 Å². The van der Waals surface area contributed by atoms with E-state index in [0.29, 0.717) is 10.6 Å². The van der Waals surface area contributed by atoms with Gasteiger partial charge in [-0.1, -0.05) is 58.4 Å². The van der Waals surface area contributed by atoms with Crippen molar-refractivity contribution in [2.45, 2.75) is 18.6 Å². The normalized spacial score (nSPS) is 13.5. The van der Waals surface area contributed by atoms with Gasteiger partial charge in [-0.25, -0.2) is 4.68 Å². The molecule has 1 amide bonds. The molecule has 11 heteroatoms. The number of amides is 1. The van der Waals surface area contributed by atoms with E-state index < -0.39 is 33.8 Å². The first-order chi connectivity index (χ1) is 14.0. The van der Waals surface area contributed by atoms with Crippen LogP contribution in [-0.4, -0.2) is 24.1 Å². The van der Waals surface area contributed by atoms with Gasteiger partial charge in [-0.05, 0) is 36.2 Å². The van der Waals surface area contributed by atoms with Crippen LogP contribution in [0.3, 0.4) is 0 Å². The molecule has 0 fully saturated rings. The molecule has 2 aromatic carbocycles. The van der Waals surface area contributed by atoms with Crippen LogP contribution < -0.4 is 0 Å². The van der Waals surface area contributed by atoms with E-state index in [-0.39, 0.29) is 11.3 Å². The molecule has 0 spiro atoms. The molecule has 6 nitrogen and oxygen atoms in total. The maximum atomic E-state index is 13.5. The maximum Gasteiger partial charge on any atom is 0.435 e. The monoisotopic (exact) mass is 455 g/mol. The largest absolute Gasteiger partial charge is 0.435 e. The summed E-state index contributed by atoms with van der Waals surface area (Å²) in [7, 11) is -3.11. The van der Waals surface area contributed by atoms with Gasteiger partial charge in [0.1, 0.15) is 0 Å². The van der Waals surface area contributed by atoms with E-state index in [1.807, 2.05) is 0 Å². The van der Waals surface area contributed by atoms with Crippen molar-refractivity contribution in [2.75, 3.05) is 0 Å². The highest BCUT2D eigenvalue weighted by Crippen LogP contribution is 2.37. The number of aromatic nitrogens is 2. The SMILES string of the molecule is CC(C(=O)N=S(=O)=O)(c1ccccc1)n1nc(C(F)(F)F)cc1-c1ccc(Cl)cc1. The Morgan fingerprint density at radius 1 is 1.07 bits per heavy atom. The van der Waals surface area contributed by atoms with E-state index in [2.05, 4.69) is 9.46 Å². The van der Waals surface area contributed by atoms with E-state index in [1.54, 1.807) is 18.2 Å². The van der Waals surface area contributed by atoms with E-state index in [9.17, 15) is 26.4 Å². The summed E-state index contributed by atoms with van der Waals surface area (Å²) in [6.45, 7) is 1.26. The molecule has 0 bridgehead atoms. The molecule has 0 N–H and O–H groups in total. The average molecular weight is 456 g/mol. The Hall–Kier alpha value is -2.98. The molecule has 1 atom stereocenters. The minimum absolute atomic E-state index is 0.0643. The molecule has 0 radical (unpaired) electrons. The summed E-state index contributed by atoms with van der Waals surface area (Å²) in [6.07, 6.45) is -4.80. The summed E-state index contributed by atoms with van der Waals surface area (Å²) in [4.78, 5) is 12.8. The zero-order valence-corrected chi connectivity index (χ0v) is 16.8. The van der Waals surface area contributed by atoms with Crippen LogP contribution in [0.1, 0.15) is 18.2 Å². The third-order valence-corrected chi connectivity index (χ3v) is 5.04. The predicted octanol–water partition coefficient (Wildman–Crippen LogP) is 4.58. The number of nitrogens with zero attached hydrogens (tertiary/aromatic N) is 3. The minimum Gasteiger partial charge on any atom is -0.268 e. The Kier molecular flexibility index (Phi) is 5.82. The summed E-state index contributed by atoms with van der Waals surface area (Å²) in [5.41, 5.74) is -2.78. The zero-order valence-electron chi connectivity index (χ0n) is 15.3. The lowest BCUT2D eigenvalue weighted by Gasteiger charge is -2.28. The Labute approximate surface area is 175 Å². The lowest BCUT2D eigenvalue weighted by molar-refractivity contribution is -0.142. The Bertz CT molecular complexity index is 1220. The maximum absolute atomic E-state index is 13.5. The molecule has 156 valence electrons. The number of rotatable bonds is 4. The Morgan fingerprint density at radius 2 is 1.67 bits per heavy atom. The fourth-order valence-corrected chi connectivity index (χ4v) is 3.38. The van der Waals surface area contributed by atoms with Gasteiger partial charge in [-0.3, -0.25) is 4.79 Å². The van der Waals surface area contributed by atoms with Crippen LogP contribution in [-0.2, 0) is 27.0 Å². The molecule has 0 saturated carbocycles. The first-order valence-corrected chi connectivity index (χ1v) is 9.79. The molecule has 0 aliphatic rings. The van der Waals surface area contributed by atoms with Gasteiger partial charge in [-0.15, -0.1) is 0 Å². The third kappa shape index (κ3) is 4.14. The summed E-state index contributed by atoms with van der Waals surface area (Å²) >= 11 is 5.87. The highest BCUT2D eigenvalue weighted by molar-refractivity contribution is 7.62. The Morgan fingerprint density at radius 3 is 2.20 bits per heavy atom. The number of benzene rings is 2. The van der Waals surface area contributed by atoms with Crippen molar-refractivity contribution in [3.05, 3.63) is 76.9 Å². The molecule has 3 aromatic rings. The van der Waals surface area contributed by atoms with E-state index in [4.69, 9.17) is 11.6 Å². The summed E-state index contributed by atoms with van der Waals surface area (Å²) < 4.78 is 66.4. The molecular formula is C19H13ClF3N3O3S. The van der Waals surface area contributed by atoms with Crippen molar-refractivity contribution in [3.8, 4) is 11.3 Å². The summed E-state index contributed by atoms with van der Waals surface area (Å²) in [5, 5.41) is 3.99. The molecule has 0 aliphatic heterocycles. The highest BCUT2D eigenvalue weighted by atomic mass is 35.5. The average Bonchev–Trinajstić information content (AvgIpc) is 3.14. The van der Waals surface area contributed by atoms with Crippen molar-refractivity contribution in [2.24, 2.45) is 4.36 Å². The first-order valence-electron chi connectivity index (χ1n) is 8.38. The number of alkyl halides is 3. The second-order valence-electron chi connectivity index (χ2n) is 6.38. The van der Waals surface area contributed by atoms with Gasteiger partial charge in [0.2, 0.25) is 0 Å². The van der Waals surface area contributed by atoms with Crippen molar-refractivity contribution in [3.63, 3.8) is 0 Å². The van der Waals surface area contributed by atoms with Crippen LogP contribution in [0, 0.1) is 0 Å². The third-order valence-electron chi connectivity index (χ3n) is 4.47. The molecule has 0 aliphatic carbocycles. The van der Waals surface area contributed by atoms with Crippen molar-refractivity contribution < 1.29 is 26.4 Å². The first kappa shape index (κ1) is 21.7. The molecular weight excluding hydrogens is 443 g/mol. The van der Waals surface area contributed by atoms with Gasteiger partial charge in [-0.2, -0.15) is 26.7 Å². The van der Waals surface area contributed by atoms with Gasteiger partial charge in [0.25, 0.3) is 5.91 Å². The molecule has 3 rings (SSSR count). The molecule has 1 aromatic heterocycles. The van der Waals surface area contributed by atoms with E-state index in [1.165, 1.54) is 43.3 Å². The standard InChI is InChI=1S/C19H13ClF3N3O3S/c1-18(17(27)25-30(28)29,13-5-3-2-4-6-13)26-15(11-16(24-26)19(21,22)23)12-7-9-14(20)10-8-12/h2-11H,1H3. The van der Waals surface area contributed by atoms with Gasteiger partial charge >= 0.3 is 16.7 Å². The summed E-state index contributed by atoms with van der Waals surface area (Å²) in [6, 6.07) is 14.4. The lowest BCUT2D eigenvalue weighted by Crippen LogP contribution is -2.40. The van der Waals surface area contributed by atoms with E-state index in [0.717, 1.165) is 10.7 Å². The van der Waals surface area contributed by atoms with Gasteiger partial charge in [0, 0.05) is 5.02 Å². The lowest BCUT2D eigenvalue weighted by atomic mass is 9.90. The van der Waals surface area contributed by atoms with Gasteiger partial charge < -0.3 is 0 Å². The second kappa shape index (κ2) is 8.04. The fraction of sp³-hybridized carbons (Fsp3) is 0.158. The number of halogens is 4. The number of hydrogen-bond donors (Lipinski definition) is 0. The topological polar surface area (TPSA) is 81.4 Å². The number of carbonyl (C=O) groups is 1. The quantitative estimate of drug-likeness (QED) is 0.577. The Balaban J connectivity index is 2.38. The highest BCUT2D eigenvalue weighted by Gasteiger charge is 2.43. The van der Waals surface area contributed by atoms with Crippen LogP contribution in [0.15, 0.2) is 65.0 Å². The smallest absolute Gasteiger partial charge is 0.268 e. The second-order valence-corrected chi connectivity index (χ2v) is 7.44. The fourth-order valence-electron chi connectivity index (χ4n) is 2.94. The van der Waals surface area contributed by atoms with Gasteiger partial charge in [0.05, 0.1) is 5.69 Å². The van der Waals surface area contributed by atoms with Crippen LogP contribution in [0.5, 0.6) is 0 Å². The molecule has 30 heavy (non-hydrogen) atoms. The number of hydrogen-bond acceptors (Lipinski definition) is 4. The molecule has 0 saturated heterocycles. The van der Waals surface area contributed by atoms with Gasteiger partial charge in [0.15, 0.2) is 11.2 Å². The van der Waals surface area contributed by atoms with Crippen molar-refractivity contribution >= 4 is 28.0 Å². The minimum atomic E-state index is -4.80. The van der Waals surface area contributed by atoms with Crippen LogP contribution in [0.4, 0.5) is 13.2 Å². The van der Waals surface area contributed by atoms with E-state index >= 15 is 0 Å². The zero-order chi connectivity index (χ0) is 22.1. The van der Waals surface area contributed by atoms with Crippen molar-refractivity contribution in [1.29, 1.82) is 0 Å². The predicted molar refractivity (Wildman–Crippen MR) is 103 cm³/mol.